The highest BCUT2D eigenvalue weighted by molar-refractivity contribution is 6.30. The fourth-order valence-electron chi connectivity index (χ4n) is 2.78. The number of carbonyl (C=O) groups is 2. The van der Waals surface area contributed by atoms with Crippen LogP contribution >= 0.6 is 11.6 Å². The summed E-state index contributed by atoms with van der Waals surface area (Å²) in [5.74, 6) is 0.219. The predicted octanol–water partition coefficient (Wildman–Crippen LogP) is 4.36. The van der Waals surface area contributed by atoms with Gasteiger partial charge >= 0.3 is 0 Å². The Bertz CT molecular complexity index is 823. The summed E-state index contributed by atoms with van der Waals surface area (Å²) in [6.07, 6.45) is 0.819. The second-order valence-electron chi connectivity index (χ2n) is 7.20. The smallest absolute Gasteiger partial charge is 0.261 e. The van der Waals surface area contributed by atoms with Gasteiger partial charge in [0.2, 0.25) is 5.91 Å². The molecule has 2 atom stereocenters. The number of hydrogen-bond acceptors (Lipinski definition) is 3. The molecule has 6 heteroatoms. The third-order valence-corrected chi connectivity index (χ3v) is 5.13. The quantitative estimate of drug-likeness (QED) is 0.660. The van der Waals surface area contributed by atoms with Crippen LogP contribution in [0.2, 0.25) is 5.02 Å². The van der Waals surface area contributed by atoms with Crippen LogP contribution in [0.25, 0.3) is 0 Å². The van der Waals surface area contributed by atoms with Gasteiger partial charge in [0, 0.05) is 17.6 Å². The van der Waals surface area contributed by atoms with Crippen LogP contribution < -0.4 is 10.1 Å². The van der Waals surface area contributed by atoms with Crippen molar-refractivity contribution in [2.24, 2.45) is 0 Å². The van der Waals surface area contributed by atoms with E-state index in [0.717, 1.165) is 17.5 Å². The molecule has 0 radical (unpaired) electrons. The number of rotatable bonds is 9. The number of carbonyl (C=O) groups excluding carboxylic acids is 2. The first kappa shape index (κ1) is 22.8. The van der Waals surface area contributed by atoms with Gasteiger partial charge in [-0.15, -0.1) is 0 Å². The number of halogens is 1. The monoisotopic (exact) mass is 416 g/mol. The zero-order valence-electron chi connectivity index (χ0n) is 17.4. The van der Waals surface area contributed by atoms with Crippen LogP contribution in [0.4, 0.5) is 0 Å². The summed E-state index contributed by atoms with van der Waals surface area (Å²) < 4.78 is 5.72. The van der Waals surface area contributed by atoms with Crippen molar-refractivity contribution in [2.45, 2.75) is 52.7 Å². The molecule has 5 nitrogen and oxygen atoms in total. The van der Waals surface area contributed by atoms with Gasteiger partial charge in [-0.2, -0.15) is 0 Å². The highest BCUT2D eigenvalue weighted by atomic mass is 35.5. The molecule has 1 N–H and O–H groups in total. The van der Waals surface area contributed by atoms with Crippen LogP contribution in [0.15, 0.2) is 48.5 Å². The van der Waals surface area contributed by atoms with Gasteiger partial charge in [0.15, 0.2) is 6.61 Å². The topological polar surface area (TPSA) is 58.6 Å². The minimum absolute atomic E-state index is 0.0423. The Hall–Kier alpha value is -2.53. The van der Waals surface area contributed by atoms with Crippen molar-refractivity contribution in [3.8, 4) is 5.75 Å². The van der Waals surface area contributed by atoms with Crippen molar-refractivity contribution in [2.75, 3.05) is 6.61 Å². The van der Waals surface area contributed by atoms with Gasteiger partial charge in [0.05, 0.1) is 0 Å². The van der Waals surface area contributed by atoms with Crippen molar-refractivity contribution in [1.82, 2.24) is 10.2 Å². The largest absolute Gasteiger partial charge is 0.484 e. The first-order chi connectivity index (χ1) is 13.8. The average molecular weight is 417 g/mol. The Balaban J connectivity index is 2.15. The Labute approximate surface area is 178 Å². The Morgan fingerprint density at radius 1 is 1.10 bits per heavy atom. The minimum Gasteiger partial charge on any atom is -0.484 e. The molecule has 0 aliphatic carbocycles. The Morgan fingerprint density at radius 3 is 2.38 bits per heavy atom. The lowest BCUT2D eigenvalue weighted by Crippen LogP contribution is -2.50. The summed E-state index contributed by atoms with van der Waals surface area (Å²) in [5, 5.41) is 3.57. The lowest BCUT2D eigenvalue weighted by molar-refractivity contribution is -0.142. The van der Waals surface area contributed by atoms with Crippen LogP contribution in [0, 0.1) is 6.92 Å². The van der Waals surface area contributed by atoms with Gasteiger partial charge in [-0.25, -0.2) is 0 Å². The number of nitrogens with one attached hydrogen (secondary N) is 1. The van der Waals surface area contributed by atoms with Crippen molar-refractivity contribution in [3.05, 3.63) is 64.7 Å². The van der Waals surface area contributed by atoms with Gasteiger partial charge in [-0.1, -0.05) is 48.9 Å². The molecule has 0 spiro atoms. The van der Waals surface area contributed by atoms with Gasteiger partial charge in [-0.05, 0) is 56.5 Å². The number of amides is 2. The van der Waals surface area contributed by atoms with Crippen LogP contribution in [0.1, 0.15) is 38.3 Å². The number of ether oxygens (including phenoxy) is 1. The predicted molar refractivity (Wildman–Crippen MR) is 116 cm³/mol. The number of benzene rings is 2. The molecule has 0 aromatic heterocycles. The maximum Gasteiger partial charge on any atom is 0.261 e. The Morgan fingerprint density at radius 2 is 1.76 bits per heavy atom. The fourth-order valence-corrected chi connectivity index (χ4v) is 2.90. The van der Waals surface area contributed by atoms with Crippen molar-refractivity contribution >= 4 is 23.4 Å². The van der Waals surface area contributed by atoms with E-state index in [9.17, 15) is 9.59 Å². The normalized spacial score (nSPS) is 12.7. The maximum absolute atomic E-state index is 13.0. The standard InChI is InChI=1S/C23H29ClN2O3/c1-5-17(3)25-23(28)18(4)26(14-19-10-12-20(24)13-11-19)22(27)15-29-21-9-7-6-8-16(21)2/h6-13,17-18H,5,14-15H2,1-4H3,(H,25,28)/t17-,18+/m0/s1. The van der Waals surface area contributed by atoms with E-state index in [1.54, 1.807) is 24.0 Å². The Kier molecular flexibility index (Phi) is 8.52. The second-order valence-corrected chi connectivity index (χ2v) is 7.63. The summed E-state index contributed by atoms with van der Waals surface area (Å²) in [7, 11) is 0. The molecule has 0 bridgehead atoms. The summed E-state index contributed by atoms with van der Waals surface area (Å²) in [6, 6.07) is 14.2. The van der Waals surface area contributed by atoms with Crippen LogP contribution in [-0.4, -0.2) is 35.4 Å². The molecular weight excluding hydrogens is 388 g/mol. The molecule has 29 heavy (non-hydrogen) atoms. The highest BCUT2D eigenvalue weighted by Crippen LogP contribution is 2.18. The lowest BCUT2D eigenvalue weighted by atomic mass is 10.1. The van der Waals surface area contributed by atoms with E-state index in [1.165, 1.54) is 0 Å². The first-order valence-electron chi connectivity index (χ1n) is 9.84. The van der Waals surface area contributed by atoms with Crippen LogP contribution in [0.5, 0.6) is 5.75 Å². The minimum atomic E-state index is -0.632. The first-order valence-corrected chi connectivity index (χ1v) is 10.2. The average Bonchev–Trinajstić information content (AvgIpc) is 2.71. The zero-order chi connectivity index (χ0) is 21.4. The lowest BCUT2D eigenvalue weighted by Gasteiger charge is -2.29. The number of para-hydroxylation sites is 1. The van der Waals surface area contributed by atoms with E-state index in [1.807, 2.05) is 57.2 Å². The zero-order valence-corrected chi connectivity index (χ0v) is 18.2. The third-order valence-electron chi connectivity index (χ3n) is 4.88. The van der Waals surface area contributed by atoms with E-state index < -0.39 is 6.04 Å². The summed E-state index contributed by atoms with van der Waals surface area (Å²) in [5.41, 5.74) is 1.84. The summed E-state index contributed by atoms with van der Waals surface area (Å²) in [6.45, 7) is 7.76. The van der Waals surface area contributed by atoms with Gasteiger partial charge in [0.1, 0.15) is 11.8 Å². The summed E-state index contributed by atoms with van der Waals surface area (Å²) >= 11 is 5.96. The molecule has 0 saturated carbocycles. The molecule has 0 aliphatic rings. The van der Waals surface area contributed by atoms with Crippen molar-refractivity contribution in [3.63, 3.8) is 0 Å². The van der Waals surface area contributed by atoms with Crippen LogP contribution in [-0.2, 0) is 16.1 Å². The van der Waals surface area contributed by atoms with E-state index in [4.69, 9.17) is 16.3 Å². The molecule has 2 aromatic rings. The molecule has 2 rings (SSSR count). The van der Waals surface area contributed by atoms with E-state index in [2.05, 4.69) is 5.32 Å². The maximum atomic E-state index is 13.0. The number of nitrogens with zero attached hydrogens (tertiary/aromatic N) is 1. The van der Waals surface area contributed by atoms with E-state index in [0.29, 0.717) is 17.3 Å². The van der Waals surface area contributed by atoms with Crippen LogP contribution in [0.3, 0.4) is 0 Å². The second kappa shape index (κ2) is 10.9. The van der Waals surface area contributed by atoms with E-state index >= 15 is 0 Å². The molecule has 0 fully saturated rings. The molecular formula is C23H29ClN2O3. The molecule has 0 heterocycles. The van der Waals surface area contributed by atoms with Crippen molar-refractivity contribution in [1.29, 1.82) is 0 Å². The SMILES string of the molecule is CC[C@H](C)NC(=O)[C@@H](C)N(Cc1ccc(Cl)cc1)C(=O)COc1ccccc1C. The number of hydrogen-bond donors (Lipinski definition) is 1. The van der Waals surface area contributed by atoms with Gasteiger partial charge in [-0.3, -0.25) is 9.59 Å². The number of aryl methyl sites for hydroxylation is 1. The molecule has 2 amide bonds. The highest BCUT2D eigenvalue weighted by Gasteiger charge is 2.27. The molecule has 0 saturated heterocycles. The van der Waals surface area contributed by atoms with E-state index in [-0.39, 0.29) is 24.5 Å². The molecule has 0 unspecified atom stereocenters. The third kappa shape index (κ3) is 6.79. The fraction of sp³-hybridized carbons (Fsp3) is 0.391. The molecule has 156 valence electrons. The van der Waals surface area contributed by atoms with Gasteiger partial charge < -0.3 is 15.0 Å². The van der Waals surface area contributed by atoms with Gasteiger partial charge in [0.25, 0.3) is 5.91 Å². The summed E-state index contributed by atoms with van der Waals surface area (Å²) in [4.78, 5) is 27.2. The molecule has 0 aliphatic heterocycles. The molecule has 2 aromatic carbocycles. The van der Waals surface area contributed by atoms with Crippen molar-refractivity contribution < 1.29 is 14.3 Å².